The predicted molar refractivity (Wildman–Crippen MR) is 69.2 cm³/mol. The van der Waals surface area contributed by atoms with E-state index in [-0.39, 0.29) is 0 Å². The van der Waals surface area contributed by atoms with Gasteiger partial charge in [-0.3, -0.25) is 0 Å². The molecular formula is C12H15BrN2O. The minimum Gasteiger partial charge on any atom is -0.381 e. The number of ether oxygens (including phenoxy) is 1. The summed E-state index contributed by atoms with van der Waals surface area (Å²) in [6.07, 6.45) is 1.49. The molecule has 0 amide bonds. The molecule has 2 heterocycles. The summed E-state index contributed by atoms with van der Waals surface area (Å²) >= 11 is 3.53. The van der Waals surface area contributed by atoms with E-state index < -0.39 is 0 Å². The fourth-order valence-corrected chi connectivity index (χ4v) is 3.00. The van der Waals surface area contributed by atoms with E-state index in [1.165, 1.54) is 11.4 Å². The zero-order chi connectivity index (χ0) is 11.1. The summed E-state index contributed by atoms with van der Waals surface area (Å²) in [7, 11) is 1.80. The van der Waals surface area contributed by atoms with Crippen molar-refractivity contribution in [1.29, 1.82) is 0 Å². The summed E-state index contributed by atoms with van der Waals surface area (Å²) in [5.74, 6) is 0. The third-order valence-electron chi connectivity index (χ3n) is 3.51. The fourth-order valence-electron chi connectivity index (χ4n) is 2.65. The summed E-state index contributed by atoms with van der Waals surface area (Å²) in [6, 6.07) is 6.98. The second-order valence-electron chi connectivity index (χ2n) is 4.44. The number of fused-ring (bicyclic) bond motifs is 3. The quantitative estimate of drug-likeness (QED) is 0.857. The first-order valence-corrected chi connectivity index (χ1v) is 6.40. The van der Waals surface area contributed by atoms with E-state index in [1.54, 1.807) is 7.11 Å². The topological polar surface area (TPSA) is 24.5 Å². The first kappa shape index (κ1) is 10.4. The molecule has 2 unspecified atom stereocenters. The Balaban J connectivity index is 1.96. The molecule has 3 rings (SSSR count). The molecule has 0 spiro atoms. The predicted octanol–water partition coefficient (Wildman–Crippen LogP) is 2.47. The van der Waals surface area contributed by atoms with Crippen LogP contribution in [0.2, 0.25) is 0 Å². The first-order chi connectivity index (χ1) is 7.78. The summed E-state index contributed by atoms with van der Waals surface area (Å²) < 4.78 is 6.60. The number of rotatable bonds is 1. The number of methoxy groups -OCH3 is 1. The molecule has 2 atom stereocenters. The molecule has 86 valence electrons. The number of hydrogen-bond donors (Lipinski definition) is 1. The van der Waals surface area contributed by atoms with E-state index in [0.29, 0.717) is 12.1 Å². The van der Waals surface area contributed by atoms with Gasteiger partial charge in [0.05, 0.1) is 17.5 Å². The average molecular weight is 283 g/mol. The highest BCUT2D eigenvalue weighted by Gasteiger charge is 2.35. The van der Waals surface area contributed by atoms with Crippen LogP contribution in [-0.2, 0) is 4.74 Å². The van der Waals surface area contributed by atoms with Crippen molar-refractivity contribution in [3.05, 3.63) is 22.7 Å². The smallest absolute Gasteiger partial charge is 0.0766 e. The second kappa shape index (κ2) is 3.93. The van der Waals surface area contributed by atoms with Gasteiger partial charge in [0.25, 0.3) is 0 Å². The highest BCUT2D eigenvalue weighted by molar-refractivity contribution is 9.10. The van der Waals surface area contributed by atoms with E-state index in [4.69, 9.17) is 4.74 Å². The van der Waals surface area contributed by atoms with Crippen LogP contribution >= 0.6 is 15.9 Å². The Morgan fingerprint density at radius 1 is 1.50 bits per heavy atom. The molecule has 0 saturated carbocycles. The van der Waals surface area contributed by atoms with Gasteiger partial charge in [0.15, 0.2) is 0 Å². The van der Waals surface area contributed by atoms with Gasteiger partial charge in [-0.25, -0.2) is 0 Å². The molecule has 4 heteroatoms. The molecule has 0 aliphatic carbocycles. The van der Waals surface area contributed by atoms with E-state index in [2.05, 4.69) is 44.3 Å². The maximum Gasteiger partial charge on any atom is 0.0766 e. The van der Waals surface area contributed by atoms with Gasteiger partial charge in [-0.05, 0) is 24.6 Å². The first-order valence-electron chi connectivity index (χ1n) is 5.61. The Kier molecular flexibility index (Phi) is 2.56. The molecule has 0 radical (unpaired) electrons. The van der Waals surface area contributed by atoms with E-state index in [9.17, 15) is 0 Å². The third-order valence-corrected chi connectivity index (χ3v) is 4.00. The standard InChI is InChI=1S/C12H15BrN2O/c1-16-10-5-9-6-14-11-3-2-8(13)4-12(11)15(9)7-10/h2-4,9-10,14H,5-7H2,1H3. The Hall–Kier alpha value is -0.740. The van der Waals surface area contributed by atoms with Gasteiger partial charge in [-0.15, -0.1) is 0 Å². The van der Waals surface area contributed by atoms with Gasteiger partial charge in [-0.1, -0.05) is 15.9 Å². The van der Waals surface area contributed by atoms with Crippen LogP contribution in [0, 0.1) is 0 Å². The van der Waals surface area contributed by atoms with Crippen LogP contribution in [0.1, 0.15) is 6.42 Å². The maximum absolute atomic E-state index is 5.47. The normalized spacial score (nSPS) is 27.2. The Labute approximate surface area is 104 Å². The highest BCUT2D eigenvalue weighted by atomic mass is 79.9. The summed E-state index contributed by atoms with van der Waals surface area (Å²) in [4.78, 5) is 2.46. The molecule has 0 aromatic heterocycles. The number of nitrogens with one attached hydrogen (secondary N) is 1. The Morgan fingerprint density at radius 2 is 2.38 bits per heavy atom. The van der Waals surface area contributed by atoms with Crippen LogP contribution in [0.5, 0.6) is 0 Å². The molecule has 2 aliphatic heterocycles. The van der Waals surface area contributed by atoms with Gasteiger partial charge in [0, 0.05) is 30.7 Å². The van der Waals surface area contributed by atoms with E-state index in [0.717, 1.165) is 24.0 Å². The van der Waals surface area contributed by atoms with Crippen molar-refractivity contribution in [2.75, 3.05) is 30.4 Å². The number of halogens is 1. The monoisotopic (exact) mass is 282 g/mol. The average Bonchev–Trinajstić information content (AvgIpc) is 2.72. The van der Waals surface area contributed by atoms with Crippen LogP contribution in [0.4, 0.5) is 11.4 Å². The van der Waals surface area contributed by atoms with Gasteiger partial charge < -0.3 is 15.0 Å². The molecule has 3 nitrogen and oxygen atoms in total. The van der Waals surface area contributed by atoms with E-state index >= 15 is 0 Å². The molecule has 1 saturated heterocycles. The van der Waals surface area contributed by atoms with Crippen molar-refractivity contribution in [2.45, 2.75) is 18.6 Å². The molecule has 1 fully saturated rings. The highest BCUT2D eigenvalue weighted by Crippen LogP contribution is 2.38. The van der Waals surface area contributed by atoms with Crippen LogP contribution < -0.4 is 10.2 Å². The molecular weight excluding hydrogens is 268 g/mol. The van der Waals surface area contributed by atoms with Crippen molar-refractivity contribution in [1.82, 2.24) is 0 Å². The van der Waals surface area contributed by atoms with E-state index in [1.807, 2.05) is 0 Å². The van der Waals surface area contributed by atoms with Crippen LogP contribution in [-0.4, -0.2) is 32.3 Å². The number of hydrogen-bond acceptors (Lipinski definition) is 3. The van der Waals surface area contributed by atoms with Gasteiger partial charge >= 0.3 is 0 Å². The lowest BCUT2D eigenvalue weighted by atomic mass is 10.1. The van der Waals surface area contributed by atoms with Gasteiger partial charge in [0.1, 0.15) is 0 Å². The second-order valence-corrected chi connectivity index (χ2v) is 5.36. The van der Waals surface area contributed by atoms with Crippen LogP contribution in [0.3, 0.4) is 0 Å². The maximum atomic E-state index is 5.47. The zero-order valence-corrected chi connectivity index (χ0v) is 10.8. The molecule has 1 aromatic rings. The minimum atomic E-state index is 0.372. The molecule has 1 N–H and O–H groups in total. The summed E-state index contributed by atoms with van der Waals surface area (Å²) in [5.41, 5.74) is 2.53. The van der Waals surface area contributed by atoms with Crippen LogP contribution in [0.15, 0.2) is 22.7 Å². The van der Waals surface area contributed by atoms with Gasteiger partial charge in [-0.2, -0.15) is 0 Å². The SMILES string of the molecule is COC1CC2CNc3ccc(Br)cc3N2C1. The van der Waals surface area contributed by atoms with Crippen molar-refractivity contribution in [3.63, 3.8) is 0 Å². The largest absolute Gasteiger partial charge is 0.381 e. The van der Waals surface area contributed by atoms with Crippen molar-refractivity contribution in [2.24, 2.45) is 0 Å². The summed E-state index contributed by atoms with van der Waals surface area (Å²) in [5, 5.41) is 3.49. The molecule has 1 aromatic carbocycles. The number of nitrogens with zero attached hydrogens (tertiary/aromatic N) is 1. The fraction of sp³-hybridized carbons (Fsp3) is 0.500. The van der Waals surface area contributed by atoms with Crippen molar-refractivity contribution < 1.29 is 4.74 Å². The Bertz CT molecular complexity index is 410. The third kappa shape index (κ3) is 1.60. The van der Waals surface area contributed by atoms with Crippen molar-refractivity contribution in [3.8, 4) is 0 Å². The molecule has 16 heavy (non-hydrogen) atoms. The number of anilines is 2. The number of benzene rings is 1. The minimum absolute atomic E-state index is 0.372. The zero-order valence-electron chi connectivity index (χ0n) is 9.24. The molecule has 2 aliphatic rings. The molecule has 0 bridgehead atoms. The Morgan fingerprint density at radius 3 is 3.19 bits per heavy atom. The van der Waals surface area contributed by atoms with Crippen molar-refractivity contribution >= 4 is 27.3 Å². The lowest BCUT2D eigenvalue weighted by Crippen LogP contribution is -2.39. The van der Waals surface area contributed by atoms with Gasteiger partial charge in [0.2, 0.25) is 0 Å². The summed E-state index contributed by atoms with van der Waals surface area (Å²) in [6.45, 7) is 2.03. The lowest BCUT2D eigenvalue weighted by molar-refractivity contribution is 0.118. The lowest BCUT2D eigenvalue weighted by Gasteiger charge is -2.34. The van der Waals surface area contributed by atoms with Crippen LogP contribution in [0.25, 0.3) is 0 Å².